The molecular weight excluding hydrogens is 291 g/mol. The molecule has 0 radical (unpaired) electrons. The zero-order valence-electron chi connectivity index (χ0n) is 10.8. The summed E-state index contributed by atoms with van der Waals surface area (Å²) in [7, 11) is 0. The highest BCUT2D eigenvalue weighted by atomic mass is 32.1. The number of benzene rings is 1. The van der Waals surface area contributed by atoms with Crippen LogP contribution in [0.1, 0.15) is 15.4 Å². The van der Waals surface area contributed by atoms with Crippen LogP contribution in [-0.2, 0) is 6.54 Å². The summed E-state index contributed by atoms with van der Waals surface area (Å²) in [6.07, 6.45) is 1.55. The number of anilines is 1. The van der Waals surface area contributed by atoms with Crippen molar-refractivity contribution >= 4 is 33.0 Å². The number of thiophene rings is 1. The van der Waals surface area contributed by atoms with E-state index >= 15 is 0 Å². The highest BCUT2D eigenvalue weighted by Gasteiger charge is 2.18. The average molecular weight is 302 g/mol. The second-order valence-corrected chi connectivity index (χ2v) is 5.41. The lowest BCUT2D eigenvalue weighted by molar-refractivity contribution is 0.0955. The normalized spacial score (nSPS) is 10.7. The third kappa shape index (κ3) is 2.55. The fraction of sp³-hybridized carbons (Fsp3) is 0.0714. The molecule has 3 aromatic rings. The van der Waals surface area contributed by atoms with Gasteiger partial charge in [0.25, 0.3) is 5.91 Å². The molecule has 0 saturated heterocycles. The van der Waals surface area contributed by atoms with Crippen molar-refractivity contribution in [3.63, 3.8) is 0 Å². The number of nitrogens with zero attached hydrogens (tertiary/aromatic N) is 2. The second kappa shape index (κ2) is 5.45. The standard InChI is InChI=1S/C14H11FN4OS/c15-9-4-1-5-10-11(9)12(16)13(21-10)14(20)17-7-8-3-2-6-18-19-8/h1-6H,7,16H2,(H,17,20). The largest absolute Gasteiger partial charge is 0.397 e. The lowest BCUT2D eigenvalue weighted by atomic mass is 10.2. The van der Waals surface area contributed by atoms with Gasteiger partial charge >= 0.3 is 0 Å². The molecule has 0 atom stereocenters. The van der Waals surface area contributed by atoms with E-state index in [1.807, 2.05) is 0 Å². The number of aromatic nitrogens is 2. The SMILES string of the molecule is Nc1c(C(=O)NCc2cccnn2)sc2cccc(F)c12. The van der Waals surface area contributed by atoms with Crippen molar-refractivity contribution in [1.82, 2.24) is 15.5 Å². The van der Waals surface area contributed by atoms with Crippen molar-refractivity contribution in [1.29, 1.82) is 0 Å². The molecule has 5 nitrogen and oxygen atoms in total. The lowest BCUT2D eigenvalue weighted by Crippen LogP contribution is -2.23. The van der Waals surface area contributed by atoms with E-state index in [9.17, 15) is 9.18 Å². The smallest absolute Gasteiger partial charge is 0.263 e. The van der Waals surface area contributed by atoms with Gasteiger partial charge in [-0.2, -0.15) is 10.2 Å². The first-order chi connectivity index (χ1) is 10.2. The van der Waals surface area contributed by atoms with Crippen LogP contribution < -0.4 is 11.1 Å². The zero-order chi connectivity index (χ0) is 14.8. The van der Waals surface area contributed by atoms with Crippen LogP contribution >= 0.6 is 11.3 Å². The number of hydrogen-bond acceptors (Lipinski definition) is 5. The Balaban J connectivity index is 1.85. The number of rotatable bonds is 3. The number of nitrogens with one attached hydrogen (secondary N) is 1. The predicted octanol–water partition coefficient (Wildman–Crippen LogP) is 2.34. The number of nitrogens with two attached hydrogens (primary N) is 1. The Morgan fingerprint density at radius 3 is 2.90 bits per heavy atom. The van der Waals surface area contributed by atoms with Crippen molar-refractivity contribution in [2.45, 2.75) is 6.54 Å². The molecule has 7 heteroatoms. The summed E-state index contributed by atoms with van der Waals surface area (Å²) < 4.78 is 14.4. The molecule has 3 rings (SSSR count). The first kappa shape index (κ1) is 13.4. The summed E-state index contributed by atoms with van der Waals surface area (Å²) in [5, 5.41) is 10.6. The first-order valence-electron chi connectivity index (χ1n) is 6.18. The molecule has 2 aromatic heterocycles. The van der Waals surface area contributed by atoms with E-state index in [-0.39, 0.29) is 18.1 Å². The van der Waals surface area contributed by atoms with E-state index in [0.29, 0.717) is 20.7 Å². The maximum absolute atomic E-state index is 13.8. The molecule has 0 bridgehead atoms. The summed E-state index contributed by atoms with van der Waals surface area (Å²) >= 11 is 1.17. The molecule has 0 aliphatic heterocycles. The Morgan fingerprint density at radius 1 is 1.33 bits per heavy atom. The fourth-order valence-electron chi connectivity index (χ4n) is 1.98. The molecule has 0 aliphatic carbocycles. The van der Waals surface area contributed by atoms with Crippen LogP contribution in [0.25, 0.3) is 10.1 Å². The third-order valence-electron chi connectivity index (χ3n) is 2.97. The van der Waals surface area contributed by atoms with Gasteiger partial charge in [-0.25, -0.2) is 4.39 Å². The van der Waals surface area contributed by atoms with Crippen molar-refractivity contribution in [2.75, 3.05) is 5.73 Å². The summed E-state index contributed by atoms with van der Waals surface area (Å²) in [5.74, 6) is -0.770. The molecular formula is C14H11FN4OS. The highest BCUT2D eigenvalue weighted by molar-refractivity contribution is 7.21. The molecule has 0 fully saturated rings. The number of halogens is 1. The molecule has 106 valence electrons. The van der Waals surface area contributed by atoms with Crippen LogP contribution in [-0.4, -0.2) is 16.1 Å². The quantitative estimate of drug-likeness (QED) is 0.778. The van der Waals surface area contributed by atoms with Crippen LogP contribution in [0, 0.1) is 5.82 Å². The minimum Gasteiger partial charge on any atom is -0.397 e. The molecule has 1 aromatic carbocycles. The Kier molecular flexibility index (Phi) is 3.49. The van der Waals surface area contributed by atoms with Crippen LogP contribution in [0.15, 0.2) is 36.5 Å². The van der Waals surface area contributed by atoms with Gasteiger partial charge in [-0.15, -0.1) is 11.3 Å². The van der Waals surface area contributed by atoms with Crippen LogP contribution in [0.2, 0.25) is 0 Å². The summed E-state index contributed by atoms with van der Waals surface area (Å²) in [6, 6.07) is 8.14. The van der Waals surface area contributed by atoms with Gasteiger partial charge in [0.1, 0.15) is 10.7 Å². The van der Waals surface area contributed by atoms with E-state index in [4.69, 9.17) is 5.73 Å². The van der Waals surface area contributed by atoms with Crippen LogP contribution in [0.3, 0.4) is 0 Å². The first-order valence-corrected chi connectivity index (χ1v) is 6.99. The molecule has 0 unspecified atom stereocenters. The number of carbonyl (C=O) groups is 1. The Bertz CT molecular complexity index is 803. The van der Waals surface area contributed by atoms with Crippen LogP contribution in [0.4, 0.5) is 10.1 Å². The molecule has 0 aliphatic rings. The molecule has 0 spiro atoms. The summed E-state index contributed by atoms with van der Waals surface area (Å²) in [5.41, 5.74) is 6.70. The average Bonchev–Trinajstić information content (AvgIpc) is 2.84. The molecule has 21 heavy (non-hydrogen) atoms. The second-order valence-electron chi connectivity index (χ2n) is 4.36. The third-order valence-corrected chi connectivity index (χ3v) is 4.13. The molecule has 0 saturated carbocycles. The van der Waals surface area contributed by atoms with Gasteiger partial charge in [0.05, 0.1) is 23.3 Å². The minimum atomic E-state index is -0.422. The Labute approximate surface area is 123 Å². The van der Waals surface area contributed by atoms with Crippen molar-refractivity contribution in [2.24, 2.45) is 0 Å². The van der Waals surface area contributed by atoms with Gasteiger partial charge in [0.2, 0.25) is 0 Å². The number of hydrogen-bond donors (Lipinski definition) is 2. The molecule has 3 N–H and O–H groups in total. The molecule has 2 heterocycles. The van der Waals surface area contributed by atoms with Gasteiger partial charge < -0.3 is 11.1 Å². The zero-order valence-corrected chi connectivity index (χ0v) is 11.7. The molecule has 1 amide bonds. The summed E-state index contributed by atoms with van der Waals surface area (Å²) in [4.78, 5) is 12.5. The Hall–Kier alpha value is -2.54. The van der Waals surface area contributed by atoms with Crippen molar-refractivity contribution < 1.29 is 9.18 Å². The van der Waals surface area contributed by atoms with Crippen molar-refractivity contribution in [3.8, 4) is 0 Å². The monoisotopic (exact) mass is 302 g/mol. The van der Waals surface area contributed by atoms with Crippen LogP contribution in [0.5, 0.6) is 0 Å². The van der Waals surface area contributed by atoms with E-state index < -0.39 is 5.82 Å². The maximum Gasteiger partial charge on any atom is 0.263 e. The van der Waals surface area contributed by atoms with Gasteiger partial charge in [0.15, 0.2) is 0 Å². The Morgan fingerprint density at radius 2 is 2.19 bits per heavy atom. The van der Waals surface area contributed by atoms with Gasteiger partial charge in [-0.3, -0.25) is 4.79 Å². The number of fused-ring (bicyclic) bond motifs is 1. The fourth-order valence-corrected chi connectivity index (χ4v) is 3.03. The highest BCUT2D eigenvalue weighted by Crippen LogP contribution is 2.35. The number of amides is 1. The van der Waals surface area contributed by atoms with Crippen molar-refractivity contribution in [3.05, 3.63) is 52.9 Å². The van der Waals surface area contributed by atoms with Gasteiger partial charge in [-0.1, -0.05) is 6.07 Å². The minimum absolute atomic E-state index is 0.171. The number of nitrogen functional groups attached to an aromatic ring is 1. The van der Waals surface area contributed by atoms with E-state index in [1.165, 1.54) is 17.4 Å². The maximum atomic E-state index is 13.8. The number of carbonyl (C=O) groups excluding carboxylic acids is 1. The topological polar surface area (TPSA) is 80.9 Å². The van der Waals surface area contributed by atoms with E-state index in [1.54, 1.807) is 30.5 Å². The van der Waals surface area contributed by atoms with E-state index in [0.717, 1.165) is 0 Å². The van der Waals surface area contributed by atoms with Gasteiger partial charge in [-0.05, 0) is 24.3 Å². The van der Waals surface area contributed by atoms with E-state index in [2.05, 4.69) is 15.5 Å². The predicted molar refractivity (Wildman–Crippen MR) is 79.4 cm³/mol. The summed E-state index contributed by atoms with van der Waals surface area (Å²) in [6.45, 7) is 0.239. The lowest BCUT2D eigenvalue weighted by Gasteiger charge is -2.03. The van der Waals surface area contributed by atoms with Gasteiger partial charge in [0, 0.05) is 10.9 Å².